The summed E-state index contributed by atoms with van der Waals surface area (Å²) in [4.78, 5) is 21.9. The van der Waals surface area contributed by atoms with Crippen LogP contribution in [0.4, 0.5) is 0 Å². The zero-order chi connectivity index (χ0) is 24.9. The second-order valence-corrected chi connectivity index (χ2v) is 9.50. The van der Waals surface area contributed by atoms with Crippen molar-refractivity contribution in [2.45, 2.75) is 44.6 Å². The zero-order valence-electron chi connectivity index (χ0n) is 20.2. The van der Waals surface area contributed by atoms with Gasteiger partial charge < -0.3 is 15.2 Å². The fraction of sp³-hybridized carbons (Fsp3) is 0.462. The van der Waals surface area contributed by atoms with E-state index in [1.54, 1.807) is 17.8 Å². The Hall–Kier alpha value is -2.97. The average molecular weight is 498 g/mol. The lowest BCUT2D eigenvalue weighted by Crippen LogP contribution is -2.33. The molecular weight excluding hydrogens is 466 g/mol. The predicted molar refractivity (Wildman–Crippen MR) is 136 cm³/mol. The average Bonchev–Trinajstić information content (AvgIpc) is 3.31. The van der Waals surface area contributed by atoms with E-state index in [1.807, 2.05) is 18.3 Å². The second-order valence-electron chi connectivity index (χ2n) is 9.20. The van der Waals surface area contributed by atoms with Gasteiger partial charge in [0.15, 0.2) is 5.65 Å². The molecule has 4 rings (SSSR count). The quantitative estimate of drug-likeness (QED) is 0.435. The molecule has 0 aromatic carbocycles. The lowest BCUT2D eigenvalue weighted by atomic mass is 9.69. The fourth-order valence-electron chi connectivity index (χ4n) is 5.02. The van der Waals surface area contributed by atoms with Crippen LogP contribution in [0.15, 0.2) is 37.3 Å². The summed E-state index contributed by atoms with van der Waals surface area (Å²) in [5.41, 5.74) is 3.94. The molecule has 8 nitrogen and oxygen atoms in total. The van der Waals surface area contributed by atoms with Crippen LogP contribution in [-0.4, -0.2) is 56.2 Å². The van der Waals surface area contributed by atoms with Crippen molar-refractivity contribution in [1.82, 2.24) is 24.9 Å². The van der Waals surface area contributed by atoms with E-state index in [4.69, 9.17) is 21.3 Å². The zero-order valence-corrected chi connectivity index (χ0v) is 20.9. The first-order valence-electron chi connectivity index (χ1n) is 12.0. The van der Waals surface area contributed by atoms with E-state index < -0.39 is 6.10 Å². The Labute approximate surface area is 210 Å². The number of nitrogens with zero attached hydrogens (tertiary/aromatic N) is 4. The smallest absolute Gasteiger partial charge is 0.256 e. The molecule has 186 valence electrons. The van der Waals surface area contributed by atoms with Crippen LogP contribution >= 0.6 is 11.6 Å². The Bertz CT molecular complexity index is 1200. The summed E-state index contributed by atoms with van der Waals surface area (Å²) in [6.45, 7) is 6.26. The summed E-state index contributed by atoms with van der Waals surface area (Å²) < 4.78 is 7.19. The highest BCUT2D eigenvalue weighted by molar-refractivity contribution is 6.18. The maximum Gasteiger partial charge on any atom is 0.256 e. The third kappa shape index (κ3) is 5.49. The van der Waals surface area contributed by atoms with Gasteiger partial charge in [-0.1, -0.05) is 26.0 Å². The molecule has 0 radical (unpaired) electrons. The van der Waals surface area contributed by atoms with E-state index in [9.17, 15) is 9.90 Å². The van der Waals surface area contributed by atoms with E-state index in [-0.39, 0.29) is 18.3 Å². The normalized spacial score (nSPS) is 21.0. The van der Waals surface area contributed by atoms with E-state index >= 15 is 0 Å². The number of pyridine rings is 1. The molecule has 3 aromatic heterocycles. The first-order valence-corrected chi connectivity index (χ1v) is 12.5. The van der Waals surface area contributed by atoms with Crippen LogP contribution in [0.2, 0.25) is 0 Å². The molecule has 35 heavy (non-hydrogen) atoms. The third-order valence-corrected chi connectivity index (χ3v) is 7.37. The third-order valence-electron chi connectivity index (χ3n) is 7.02. The Kier molecular flexibility index (Phi) is 8.03. The van der Waals surface area contributed by atoms with Crippen LogP contribution in [0.1, 0.15) is 59.3 Å². The molecule has 1 saturated carbocycles. The van der Waals surface area contributed by atoms with Gasteiger partial charge in [0, 0.05) is 30.2 Å². The molecule has 0 bridgehead atoms. The molecule has 1 fully saturated rings. The van der Waals surface area contributed by atoms with Gasteiger partial charge in [-0.3, -0.25) is 4.79 Å². The minimum absolute atomic E-state index is 0.0534. The number of aromatic nitrogens is 4. The number of nitrogens with one attached hydrogen (secondary N) is 1. The SMILES string of the molecule is C=Cc1cnc(OC)c(C2CCCC(Cc3ccn4ncc(C(=O)NCC(O)CCl)c4n3)C2C)c1. The van der Waals surface area contributed by atoms with E-state index in [0.717, 1.165) is 42.5 Å². The van der Waals surface area contributed by atoms with Gasteiger partial charge in [0.25, 0.3) is 5.91 Å². The summed E-state index contributed by atoms with van der Waals surface area (Å²) in [5.74, 6) is 1.58. The van der Waals surface area contributed by atoms with E-state index in [2.05, 4.69) is 35.0 Å². The van der Waals surface area contributed by atoms with Gasteiger partial charge in [-0.15, -0.1) is 11.6 Å². The van der Waals surface area contributed by atoms with Gasteiger partial charge in [0.1, 0.15) is 5.56 Å². The van der Waals surface area contributed by atoms with Crippen molar-refractivity contribution in [2.75, 3.05) is 19.5 Å². The molecule has 0 aliphatic heterocycles. The van der Waals surface area contributed by atoms with Crippen LogP contribution in [0.3, 0.4) is 0 Å². The van der Waals surface area contributed by atoms with Gasteiger partial charge in [0.2, 0.25) is 5.88 Å². The summed E-state index contributed by atoms with van der Waals surface area (Å²) in [5, 5.41) is 16.6. The number of ether oxygens (including phenoxy) is 1. The van der Waals surface area contributed by atoms with Crippen LogP contribution in [0.25, 0.3) is 11.7 Å². The van der Waals surface area contributed by atoms with Crippen molar-refractivity contribution in [2.24, 2.45) is 11.8 Å². The molecule has 2 N–H and O–H groups in total. The number of fused-ring (bicyclic) bond motifs is 1. The topological polar surface area (TPSA) is 102 Å². The summed E-state index contributed by atoms with van der Waals surface area (Å²) >= 11 is 5.62. The molecule has 0 saturated heterocycles. The summed E-state index contributed by atoms with van der Waals surface area (Å²) in [6, 6.07) is 4.11. The molecule has 3 heterocycles. The predicted octanol–water partition coefficient (Wildman–Crippen LogP) is 3.87. The number of carbonyl (C=O) groups is 1. The number of methoxy groups -OCH3 is 1. The number of halogens is 1. The molecule has 3 aromatic rings. The van der Waals surface area contributed by atoms with Gasteiger partial charge in [0.05, 0.1) is 25.3 Å². The Morgan fingerprint density at radius 1 is 1.43 bits per heavy atom. The highest BCUT2D eigenvalue weighted by atomic mass is 35.5. The summed E-state index contributed by atoms with van der Waals surface area (Å²) in [7, 11) is 1.67. The number of hydrogen-bond acceptors (Lipinski definition) is 6. The number of aliphatic hydroxyl groups excluding tert-OH is 1. The first-order chi connectivity index (χ1) is 16.9. The Morgan fingerprint density at radius 2 is 2.26 bits per heavy atom. The second kappa shape index (κ2) is 11.2. The number of alkyl halides is 1. The Morgan fingerprint density at radius 3 is 3.00 bits per heavy atom. The first kappa shape index (κ1) is 25.1. The molecule has 1 amide bonds. The highest BCUT2D eigenvalue weighted by Gasteiger charge is 2.33. The van der Waals surface area contributed by atoms with Crippen LogP contribution in [0.5, 0.6) is 5.88 Å². The maximum atomic E-state index is 12.6. The van der Waals surface area contributed by atoms with Crippen LogP contribution < -0.4 is 10.1 Å². The van der Waals surface area contributed by atoms with Crippen LogP contribution in [-0.2, 0) is 6.42 Å². The summed E-state index contributed by atoms with van der Waals surface area (Å²) in [6.07, 6.45) is 10.3. The number of carbonyl (C=O) groups excluding carboxylic acids is 1. The number of hydrogen-bond donors (Lipinski definition) is 2. The molecule has 1 aliphatic carbocycles. The number of rotatable bonds is 9. The van der Waals surface area contributed by atoms with Crippen molar-refractivity contribution < 1.29 is 14.6 Å². The molecule has 0 spiro atoms. The number of amides is 1. The van der Waals surface area contributed by atoms with Crippen molar-refractivity contribution in [3.63, 3.8) is 0 Å². The Balaban J connectivity index is 1.54. The largest absolute Gasteiger partial charge is 0.481 e. The molecular formula is C26H32ClN5O3. The number of aliphatic hydroxyl groups is 1. The fourth-order valence-corrected chi connectivity index (χ4v) is 5.13. The molecule has 9 heteroatoms. The van der Waals surface area contributed by atoms with Gasteiger partial charge in [-0.05, 0) is 54.7 Å². The van der Waals surface area contributed by atoms with Crippen molar-refractivity contribution in [3.8, 4) is 5.88 Å². The molecule has 4 unspecified atom stereocenters. The standard InChI is InChI=1S/C26H32ClN5O3/c1-4-17-10-22(26(35-3)29-13-17)21-7-5-6-18(16(21)2)11-19-8-9-32-24(31-19)23(15-30-32)25(34)28-14-20(33)12-27/h4,8-10,13,15-16,18,20-21,33H,1,5-7,11-12,14H2,2-3H3,(H,28,34). The highest BCUT2D eigenvalue weighted by Crippen LogP contribution is 2.44. The van der Waals surface area contributed by atoms with Gasteiger partial charge in [-0.25, -0.2) is 14.5 Å². The van der Waals surface area contributed by atoms with Gasteiger partial charge >= 0.3 is 0 Å². The monoisotopic (exact) mass is 497 g/mol. The molecule has 1 aliphatic rings. The maximum absolute atomic E-state index is 12.6. The van der Waals surface area contributed by atoms with Gasteiger partial charge in [-0.2, -0.15) is 5.10 Å². The van der Waals surface area contributed by atoms with Crippen molar-refractivity contribution in [3.05, 3.63) is 59.7 Å². The van der Waals surface area contributed by atoms with Crippen LogP contribution in [0, 0.1) is 11.8 Å². The van der Waals surface area contributed by atoms with Crippen molar-refractivity contribution in [1.29, 1.82) is 0 Å². The molecule has 4 atom stereocenters. The van der Waals surface area contributed by atoms with E-state index in [1.165, 1.54) is 6.20 Å². The lowest BCUT2D eigenvalue weighted by molar-refractivity contribution is 0.0926. The lowest BCUT2D eigenvalue weighted by Gasteiger charge is -2.36. The van der Waals surface area contributed by atoms with Crippen molar-refractivity contribution >= 4 is 29.2 Å². The minimum Gasteiger partial charge on any atom is -0.481 e. The minimum atomic E-state index is -0.798. The van der Waals surface area contributed by atoms with E-state index in [0.29, 0.717) is 34.8 Å².